The van der Waals surface area contributed by atoms with Crippen LogP contribution in [0, 0.1) is 0 Å². The van der Waals surface area contributed by atoms with E-state index in [9.17, 15) is 9.59 Å². The van der Waals surface area contributed by atoms with E-state index >= 15 is 0 Å². The first-order chi connectivity index (χ1) is 13.9. The van der Waals surface area contributed by atoms with E-state index in [0.29, 0.717) is 43.7 Å². The minimum absolute atomic E-state index is 0.0167. The van der Waals surface area contributed by atoms with Gasteiger partial charge in [0, 0.05) is 37.3 Å². The molecule has 1 saturated heterocycles. The molecular formula is C23H29N3O3. The number of hydrogen-bond acceptors (Lipinski definition) is 4. The first-order valence-electron chi connectivity index (χ1n) is 10.1. The summed E-state index contributed by atoms with van der Waals surface area (Å²) >= 11 is 0. The van der Waals surface area contributed by atoms with Gasteiger partial charge in [-0.05, 0) is 49.6 Å². The molecule has 154 valence electrons. The molecule has 0 spiro atoms. The number of carbonyl (C=O) groups is 2. The standard InChI is InChI=1S/C23H29N3O3/c1-16-14-26(15-17(2)29-16)23(28)20-9-7-18(8-10-20)13-25-22(27)12-11-19-5-3-4-6-21(19)24/h3-10,16-17H,11-15,24H2,1-2H3,(H,25,27). The lowest BCUT2D eigenvalue weighted by atomic mass is 10.1. The van der Waals surface area contributed by atoms with Gasteiger partial charge in [-0.25, -0.2) is 0 Å². The van der Waals surface area contributed by atoms with Gasteiger partial charge in [0.05, 0.1) is 12.2 Å². The predicted molar refractivity (Wildman–Crippen MR) is 113 cm³/mol. The minimum Gasteiger partial charge on any atom is -0.399 e. The normalized spacial score (nSPS) is 19.0. The van der Waals surface area contributed by atoms with Crippen molar-refractivity contribution in [2.24, 2.45) is 0 Å². The van der Waals surface area contributed by atoms with Crippen LogP contribution < -0.4 is 11.1 Å². The monoisotopic (exact) mass is 395 g/mol. The van der Waals surface area contributed by atoms with Crippen molar-refractivity contribution < 1.29 is 14.3 Å². The Morgan fingerprint density at radius 3 is 2.38 bits per heavy atom. The summed E-state index contributed by atoms with van der Waals surface area (Å²) in [5.41, 5.74) is 9.22. The quantitative estimate of drug-likeness (QED) is 0.737. The molecule has 0 bridgehead atoms. The Morgan fingerprint density at radius 1 is 1.07 bits per heavy atom. The molecule has 1 heterocycles. The van der Waals surface area contributed by atoms with Gasteiger partial charge in [0.15, 0.2) is 0 Å². The maximum atomic E-state index is 12.7. The maximum Gasteiger partial charge on any atom is 0.254 e. The largest absolute Gasteiger partial charge is 0.399 e. The zero-order chi connectivity index (χ0) is 20.8. The van der Waals surface area contributed by atoms with E-state index in [-0.39, 0.29) is 24.0 Å². The summed E-state index contributed by atoms with van der Waals surface area (Å²) in [6, 6.07) is 15.0. The van der Waals surface area contributed by atoms with E-state index in [4.69, 9.17) is 10.5 Å². The highest BCUT2D eigenvalue weighted by atomic mass is 16.5. The van der Waals surface area contributed by atoms with Gasteiger partial charge in [0.2, 0.25) is 5.91 Å². The lowest BCUT2D eigenvalue weighted by Crippen LogP contribution is -2.48. The molecule has 0 aliphatic carbocycles. The molecule has 2 atom stereocenters. The predicted octanol–water partition coefficient (Wildman–Crippen LogP) is 2.77. The van der Waals surface area contributed by atoms with Gasteiger partial charge in [-0.15, -0.1) is 0 Å². The summed E-state index contributed by atoms with van der Waals surface area (Å²) in [5.74, 6) is -0.00673. The van der Waals surface area contributed by atoms with Gasteiger partial charge < -0.3 is 20.7 Å². The number of anilines is 1. The SMILES string of the molecule is CC1CN(C(=O)c2ccc(CNC(=O)CCc3ccccc3N)cc2)CC(C)O1. The van der Waals surface area contributed by atoms with Gasteiger partial charge in [-0.3, -0.25) is 9.59 Å². The average molecular weight is 396 g/mol. The number of carbonyl (C=O) groups excluding carboxylic acids is 2. The Kier molecular flexibility index (Phi) is 6.88. The topological polar surface area (TPSA) is 84.7 Å². The van der Waals surface area contributed by atoms with Crippen LogP contribution in [0.3, 0.4) is 0 Å². The fraction of sp³-hybridized carbons (Fsp3) is 0.391. The van der Waals surface area contributed by atoms with Crippen molar-refractivity contribution in [1.82, 2.24) is 10.2 Å². The highest BCUT2D eigenvalue weighted by molar-refractivity contribution is 5.94. The molecule has 6 heteroatoms. The second-order valence-electron chi connectivity index (χ2n) is 7.64. The molecule has 1 aliphatic rings. The lowest BCUT2D eigenvalue weighted by Gasteiger charge is -2.35. The van der Waals surface area contributed by atoms with E-state index in [2.05, 4.69) is 5.32 Å². The van der Waals surface area contributed by atoms with Gasteiger partial charge in [-0.2, -0.15) is 0 Å². The van der Waals surface area contributed by atoms with E-state index in [1.807, 2.05) is 67.3 Å². The van der Waals surface area contributed by atoms with E-state index < -0.39 is 0 Å². The van der Waals surface area contributed by atoms with Gasteiger partial charge >= 0.3 is 0 Å². The molecule has 3 rings (SSSR count). The molecule has 2 amide bonds. The first kappa shape index (κ1) is 20.9. The minimum atomic E-state index is -0.0234. The van der Waals surface area contributed by atoms with Crippen molar-refractivity contribution in [3.63, 3.8) is 0 Å². The average Bonchev–Trinajstić information content (AvgIpc) is 2.71. The maximum absolute atomic E-state index is 12.7. The summed E-state index contributed by atoms with van der Waals surface area (Å²) in [4.78, 5) is 26.7. The Bertz CT molecular complexity index is 841. The summed E-state index contributed by atoms with van der Waals surface area (Å²) < 4.78 is 5.69. The smallest absolute Gasteiger partial charge is 0.254 e. The van der Waals surface area contributed by atoms with Crippen LogP contribution in [-0.4, -0.2) is 42.0 Å². The highest BCUT2D eigenvalue weighted by Crippen LogP contribution is 2.15. The summed E-state index contributed by atoms with van der Waals surface area (Å²) in [7, 11) is 0. The number of aryl methyl sites for hydroxylation is 1. The van der Waals surface area contributed by atoms with E-state index in [1.165, 1.54) is 0 Å². The van der Waals surface area contributed by atoms with Crippen molar-refractivity contribution in [2.45, 2.75) is 45.4 Å². The molecule has 1 fully saturated rings. The molecular weight excluding hydrogens is 366 g/mol. The van der Waals surface area contributed by atoms with Crippen molar-refractivity contribution in [2.75, 3.05) is 18.8 Å². The Balaban J connectivity index is 1.48. The molecule has 2 aromatic rings. The fourth-order valence-electron chi connectivity index (χ4n) is 3.59. The number of para-hydroxylation sites is 1. The Hall–Kier alpha value is -2.86. The van der Waals surface area contributed by atoms with Crippen LogP contribution in [0.25, 0.3) is 0 Å². The second-order valence-corrected chi connectivity index (χ2v) is 7.64. The third kappa shape index (κ3) is 5.81. The number of nitrogen functional groups attached to an aromatic ring is 1. The van der Waals surface area contributed by atoms with Crippen LogP contribution in [0.4, 0.5) is 5.69 Å². The Morgan fingerprint density at radius 2 is 1.72 bits per heavy atom. The van der Waals surface area contributed by atoms with Crippen molar-refractivity contribution in [3.8, 4) is 0 Å². The van der Waals surface area contributed by atoms with Gasteiger partial charge in [0.1, 0.15) is 0 Å². The third-order valence-corrected chi connectivity index (χ3v) is 5.07. The molecule has 2 unspecified atom stereocenters. The van der Waals surface area contributed by atoms with Crippen LogP contribution in [0.15, 0.2) is 48.5 Å². The number of nitrogens with zero attached hydrogens (tertiary/aromatic N) is 1. The van der Waals surface area contributed by atoms with E-state index in [0.717, 1.165) is 11.1 Å². The van der Waals surface area contributed by atoms with Crippen LogP contribution in [0.2, 0.25) is 0 Å². The lowest BCUT2D eigenvalue weighted by molar-refractivity contribution is -0.121. The zero-order valence-corrected chi connectivity index (χ0v) is 17.1. The van der Waals surface area contributed by atoms with Crippen molar-refractivity contribution in [3.05, 3.63) is 65.2 Å². The van der Waals surface area contributed by atoms with Crippen LogP contribution in [0.1, 0.15) is 41.8 Å². The van der Waals surface area contributed by atoms with Crippen LogP contribution in [-0.2, 0) is 22.5 Å². The van der Waals surface area contributed by atoms with Gasteiger partial charge in [-0.1, -0.05) is 30.3 Å². The highest BCUT2D eigenvalue weighted by Gasteiger charge is 2.26. The number of hydrogen-bond donors (Lipinski definition) is 2. The number of morpholine rings is 1. The number of benzene rings is 2. The number of nitrogens with two attached hydrogens (primary N) is 1. The molecule has 6 nitrogen and oxygen atoms in total. The van der Waals surface area contributed by atoms with Gasteiger partial charge in [0.25, 0.3) is 5.91 Å². The molecule has 0 radical (unpaired) electrons. The zero-order valence-electron chi connectivity index (χ0n) is 17.1. The number of rotatable bonds is 6. The third-order valence-electron chi connectivity index (χ3n) is 5.07. The number of nitrogens with one attached hydrogen (secondary N) is 1. The molecule has 0 saturated carbocycles. The fourth-order valence-corrected chi connectivity index (χ4v) is 3.59. The summed E-state index contributed by atoms with van der Waals surface area (Å²) in [6.07, 6.45) is 1.09. The summed E-state index contributed by atoms with van der Waals surface area (Å²) in [5, 5.41) is 2.92. The van der Waals surface area contributed by atoms with Crippen molar-refractivity contribution in [1.29, 1.82) is 0 Å². The second kappa shape index (κ2) is 9.56. The molecule has 29 heavy (non-hydrogen) atoms. The molecule has 2 aromatic carbocycles. The van der Waals surface area contributed by atoms with Crippen LogP contribution in [0.5, 0.6) is 0 Å². The van der Waals surface area contributed by atoms with E-state index in [1.54, 1.807) is 0 Å². The van der Waals surface area contributed by atoms with Crippen molar-refractivity contribution >= 4 is 17.5 Å². The first-order valence-corrected chi connectivity index (χ1v) is 10.1. The number of ether oxygens (including phenoxy) is 1. The Labute approximate surface area is 172 Å². The molecule has 0 aromatic heterocycles. The molecule has 3 N–H and O–H groups in total. The van der Waals surface area contributed by atoms with Crippen LogP contribution >= 0.6 is 0 Å². The number of amides is 2. The molecule has 1 aliphatic heterocycles. The summed E-state index contributed by atoms with van der Waals surface area (Å²) in [6.45, 7) is 5.60.